The van der Waals surface area contributed by atoms with E-state index in [9.17, 15) is 4.79 Å². The van der Waals surface area contributed by atoms with E-state index in [0.29, 0.717) is 18.3 Å². The van der Waals surface area contributed by atoms with E-state index in [-0.39, 0.29) is 18.5 Å². The monoisotopic (exact) mass is 284 g/mol. The summed E-state index contributed by atoms with van der Waals surface area (Å²) in [6.45, 7) is 5.96. The molecule has 0 fully saturated rings. The van der Waals surface area contributed by atoms with Crippen LogP contribution in [0.25, 0.3) is 0 Å². The summed E-state index contributed by atoms with van der Waals surface area (Å²) in [4.78, 5) is 24.7. The highest BCUT2D eigenvalue weighted by Gasteiger charge is 2.15. The Balaban J connectivity index is 3.08. The zero-order valence-electron chi connectivity index (χ0n) is 10.9. The Kier molecular flexibility index (Phi) is 6.07. The predicted molar refractivity (Wildman–Crippen MR) is 72.8 cm³/mol. The molecule has 0 saturated heterocycles. The van der Waals surface area contributed by atoms with E-state index >= 15 is 0 Å². The van der Waals surface area contributed by atoms with Gasteiger partial charge in [-0.25, -0.2) is 0 Å². The van der Waals surface area contributed by atoms with Gasteiger partial charge in [-0.3, -0.25) is 4.79 Å². The Morgan fingerprint density at radius 2 is 2.26 bits per heavy atom. The highest BCUT2D eigenvalue weighted by molar-refractivity contribution is 7.98. The molecule has 1 rings (SSSR count). The summed E-state index contributed by atoms with van der Waals surface area (Å²) in [5, 5.41) is 9.37. The number of carboxylic acids is 1. The molecular weight excluding hydrogens is 268 g/mol. The average molecular weight is 284 g/mol. The number of aromatic nitrogens is 3. The van der Waals surface area contributed by atoms with Crippen molar-refractivity contribution in [2.45, 2.75) is 12.1 Å². The van der Waals surface area contributed by atoms with Gasteiger partial charge in [0.1, 0.15) is 6.54 Å². The van der Waals surface area contributed by atoms with Crippen LogP contribution in [0.4, 0.5) is 5.95 Å². The van der Waals surface area contributed by atoms with Crippen LogP contribution in [-0.2, 0) is 4.79 Å². The number of carboxylic acid groups (broad SMARTS) is 1. The SMILES string of the molecule is C=CCN(CC(=O)O)c1nc(OCC)nc(SC)n1. The van der Waals surface area contributed by atoms with Crippen molar-refractivity contribution in [3.8, 4) is 6.01 Å². The minimum Gasteiger partial charge on any atom is -0.480 e. The summed E-state index contributed by atoms with van der Waals surface area (Å²) in [5.74, 6) is -0.698. The minimum atomic E-state index is -0.967. The number of ether oxygens (including phenoxy) is 1. The Morgan fingerprint density at radius 1 is 1.53 bits per heavy atom. The second-order valence-electron chi connectivity index (χ2n) is 3.40. The van der Waals surface area contributed by atoms with Crippen molar-refractivity contribution < 1.29 is 14.6 Å². The van der Waals surface area contributed by atoms with E-state index < -0.39 is 5.97 Å². The topological polar surface area (TPSA) is 88.4 Å². The summed E-state index contributed by atoms with van der Waals surface area (Å²) in [6, 6.07) is 0.191. The molecular formula is C11H16N4O3S. The van der Waals surface area contributed by atoms with Gasteiger partial charge < -0.3 is 14.7 Å². The fraction of sp³-hybridized carbons (Fsp3) is 0.455. The smallest absolute Gasteiger partial charge is 0.323 e. The van der Waals surface area contributed by atoms with Crippen LogP contribution in [-0.4, -0.2) is 52.0 Å². The van der Waals surface area contributed by atoms with Gasteiger partial charge in [0.05, 0.1) is 6.61 Å². The first-order valence-electron chi connectivity index (χ1n) is 5.61. The molecule has 0 amide bonds. The zero-order chi connectivity index (χ0) is 14.3. The van der Waals surface area contributed by atoms with Gasteiger partial charge in [0, 0.05) is 6.54 Å². The van der Waals surface area contributed by atoms with Crippen LogP contribution in [0.1, 0.15) is 6.92 Å². The predicted octanol–water partition coefficient (Wildman–Crippen LogP) is 1.07. The van der Waals surface area contributed by atoms with Gasteiger partial charge in [-0.15, -0.1) is 6.58 Å². The van der Waals surface area contributed by atoms with E-state index in [1.807, 2.05) is 13.2 Å². The van der Waals surface area contributed by atoms with Gasteiger partial charge in [-0.2, -0.15) is 15.0 Å². The third-order valence-corrected chi connectivity index (χ3v) is 2.54. The molecule has 0 saturated carbocycles. The highest BCUT2D eigenvalue weighted by atomic mass is 32.2. The quantitative estimate of drug-likeness (QED) is 0.560. The van der Waals surface area contributed by atoms with Crippen molar-refractivity contribution in [1.29, 1.82) is 0 Å². The van der Waals surface area contributed by atoms with E-state index in [2.05, 4.69) is 21.5 Å². The Hall–Kier alpha value is -1.83. The number of anilines is 1. The number of nitrogens with zero attached hydrogens (tertiary/aromatic N) is 4. The number of aliphatic carboxylic acids is 1. The van der Waals surface area contributed by atoms with Gasteiger partial charge in [-0.1, -0.05) is 17.8 Å². The molecule has 1 aromatic rings. The van der Waals surface area contributed by atoms with Crippen molar-refractivity contribution in [1.82, 2.24) is 15.0 Å². The Bertz CT molecular complexity index is 456. The standard InChI is InChI=1S/C11H16N4O3S/c1-4-6-15(7-8(16)17)9-12-10(18-5-2)14-11(13-9)19-3/h4H,1,5-7H2,2-3H3,(H,16,17). The molecule has 8 heteroatoms. The lowest BCUT2D eigenvalue weighted by Crippen LogP contribution is -2.31. The molecule has 1 heterocycles. The van der Waals surface area contributed by atoms with Crippen LogP contribution < -0.4 is 9.64 Å². The number of rotatable bonds is 8. The molecule has 7 nitrogen and oxygen atoms in total. The van der Waals surface area contributed by atoms with E-state index in [4.69, 9.17) is 9.84 Å². The number of thioether (sulfide) groups is 1. The van der Waals surface area contributed by atoms with Crippen molar-refractivity contribution in [2.75, 3.05) is 30.9 Å². The summed E-state index contributed by atoms with van der Waals surface area (Å²) in [7, 11) is 0. The van der Waals surface area contributed by atoms with Crippen molar-refractivity contribution in [2.24, 2.45) is 0 Å². The molecule has 19 heavy (non-hydrogen) atoms. The summed E-state index contributed by atoms with van der Waals surface area (Å²) < 4.78 is 5.25. The van der Waals surface area contributed by atoms with Crippen LogP contribution in [0.3, 0.4) is 0 Å². The van der Waals surface area contributed by atoms with Gasteiger partial charge in [-0.05, 0) is 13.2 Å². The molecule has 1 aromatic heterocycles. The second-order valence-corrected chi connectivity index (χ2v) is 4.17. The molecule has 0 unspecified atom stereocenters. The van der Waals surface area contributed by atoms with Gasteiger partial charge in [0.2, 0.25) is 5.95 Å². The number of carbonyl (C=O) groups is 1. The van der Waals surface area contributed by atoms with Crippen LogP contribution >= 0.6 is 11.8 Å². The molecule has 0 atom stereocenters. The lowest BCUT2D eigenvalue weighted by molar-refractivity contribution is -0.135. The Morgan fingerprint density at radius 3 is 2.79 bits per heavy atom. The van der Waals surface area contributed by atoms with Crippen LogP contribution in [0.2, 0.25) is 0 Å². The first kappa shape index (κ1) is 15.2. The third-order valence-electron chi connectivity index (χ3n) is 2.00. The van der Waals surface area contributed by atoms with Gasteiger partial charge >= 0.3 is 12.0 Å². The molecule has 0 aliphatic carbocycles. The molecule has 0 aliphatic heterocycles. The van der Waals surface area contributed by atoms with Crippen molar-refractivity contribution >= 4 is 23.7 Å². The zero-order valence-corrected chi connectivity index (χ0v) is 11.7. The van der Waals surface area contributed by atoms with Crippen LogP contribution in [0.15, 0.2) is 17.8 Å². The largest absolute Gasteiger partial charge is 0.480 e. The maximum atomic E-state index is 10.8. The first-order valence-corrected chi connectivity index (χ1v) is 6.83. The summed E-state index contributed by atoms with van der Waals surface area (Å²) in [5.41, 5.74) is 0. The van der Waals surface area contributed by atoms with Gasteiger partial charge in [0.25, 0.3) is 0 Å². The normalized spacial score (nSPS) is 10.0. The molecule has 0 aliphatic rings. The second kappa shape index (κ2) is 7.57. The average Bonchev–Trinajstić information content (AvgIpc) is 2.37. The maximum absolute atomic E-state index is 10.8. The maximum Gasteiger partial charge on any atom is 0.323 e. The van der Waals surface area contributed by atoms with E-state index in [0.717, 1.165) is 0 Å². The minimum absolute atomic E-state index is 0.191. The van der Waals surface area contributed by atoms with Crippen LogP contribution in [0, 0.1) is 0 Å². The lowest BCUT2D eigenvalue weighted by atomic mass is 10.5. The molecule has 0 spiro atoms. The van der Waals surface area contributed by atoms with E-state index in [1.54, 1.807) is 6.08 Å². The first-order chi connectivity index (χ1) is 9.10. The van der Waals surface area contributed by atoms with Crippen LogP contribution in [0.5, 0.6) is 6.01 Å². The molecule has 104 valence electrons. The summed E-state index contributed by atoms with van der Waals surface area (Å²) in [6.07, 6.45) is 3.41. The fourth-order valence-electron chi connectivity index (χ4n) is 1.29. The number of hydrogen-bond donors (Lipinski definition) is 1. The molecule has 0 radical (unpaired) electrons. The molecule has 0 aromatic carbocycles. The van der Waals surface area contributed by atoms with Gasteiger partial charge in [0.15, 0.2) is 5.16 Å². The van der Waals surface area contributed by atoms with Crippen molar-refractivity contribution in [3.63, 3.8) is 0 Å². The molecule has 1 N–H and O–H groups in total. The highest BCUT2D eigenvalue weighted by Crippen LogP contribution is 2.17. The lowest BCUT2D eigenvalue weighted by Gasteiger charge is -2.19. The van der Waals surface area contributed by atoms with E-state index in [1.165, 1.54) is 16.7 Å². The fourth-order valence-corrected chi connectivity index (χ4v) is 1.63. The molecule has 0 bridgehead atoms. The third kappa shape index (κ3) is 4.74. The summed E-state index contributed by atoms with van der Waals surface area (Å²) >= 11 is 1.34. The Labute approximate surface area is 115 Å². The van der Waals surface area contributed by atoms with Crippen molar-refractivity contribution in [3.05, 3.63) is 12.7 Å². The number of hydrogen-bond acceptors (Lipinski definition) is 7.